The van der Waals surface area contributed by atoms with Crippen LogP contribution >= 0.6 is 22.9 Å². The summed E-state index contributed by atoms with van der Waals surface area (Å²) in [6.07, 6.45) is 3.39. The highest BCUT2D eigenvalue weighted by Gasteiger charge is 2.13. The molecule has 0 N–H and O–H groups in total. The zero-order chi connectivity index (χ0) is 22.1. The summed E-state index contributed by atoms with van der Waals surface area (Å²) in [5.41, 5.74) is 1.47. The fourth-order valence-corrected chi connectivity index (χ4v) is 4.15. The Balaban J connectivity index is 1.43. The van der Waals surface area contributed by atoms with Gasteiger partial charge < -0.3 is 9.15 Å². The van der Waals surface area contributed by atoms with Crippen LogP contribution in [0.15, 0.2) is 82.5 Å². The van der Waals surface area contributed by atoms with Crippen LogP contribution < -0.4 is 14.8 Å². The summed E-state index contributed by atoms with van der Waals surface area (Å²) in [5.74, 6) is 2.49. The average Bonchev–Trinajstić information content (AvgIpc) is 3.51. The first-order chi connectivity index (χ1) is 15.6. The van der Waals surface area contributed by atoms with Crippen molar-refractivity contribution < 1.29 is 9.15 Å². The van der Waals surface area contributed by atoms with Gasteiger partial charge in [-0.1, -0.05) is 35.6 Å². The summed E-state index contributed by atoms with van der Waals surface area (Å²) in [4.78, 5) is 17.8. The fourth-order valence-electron chi connectivity index (χ4n) is 3.14. The largest absolute Gasteiger partial charge is 0.490 e. The molecule has 0 bridgehead atoms. The van der Waals surface area contributed by atoms with E-state index in [1.165, 1.54) is 15.9 Å². The first kappa shape index (κ1) is 20.2. The second-order valence-corrected chi connectivity index (χ2v) is 8.32. The molecule has 0 amide bonds. The van der Waals surface area contributed by atoms with Gasteiger partial charge in [0.2, 0.25) is 4.96 Å². The standard InChI is InChI=1S/C24H16ClN3O3S/c1-2-13-30-18-9-5-16(6-10-18)22-26-24-28(27-22)23(29)21(32-24)14-19-11-12-20(31-19)15-3-7-17(25)8-4-15/h2-12,14H,1,13H2/b21-14-. The van der Waals surface area contributed by atoms with Crippen LogP contribution in [-0.2, 0) is 0 Å². The van der Waals surface area contributed by atoms with Crippen molar-refractivity contribution in [3.05, 3.63) is 99.0 Å². The van der Waals surface area contributed by atoms with Crippen LogP contribution in [0, 0.1) is 0 Å². The molecule has 0 unspecified atom stereocenters. The lowest BCUT2D eigenvalue weighted by Gasteiger charge is -2.02. The molecule has 2 aromatic carbocycles. The van der Waals surface area contributed by atoms with Gasteiger partial charge in [0.05, 0.1) is 0 Å². The number of rotatable bonds is 6. The van der Waals surface area contributed by atoms with Crippen molar-refractivity contribution in [2.45, 2.75) is 0 Å². The number of halogens is 1. The van der Waals surface area contributed by atoms with Gasteiger partial charge in [0.25, 0.3) is 5.56 Å². The minimum Gasteiger partial charge on any atom is -0.490 e. The van der Waals surface area contributed by atoms with Crippen molar-refractivity contribution in [1.82, 2.24) is 14.6 Å². The molecule has 5 rings (SSSR count). The Hall–Kier alpha value is -3.68. The smallest absolute Gasteiger partial charge is 0.291 e. The van der Waals surface area contributed by atoms with E-state index in [0.717, 1.165) is 16.9 Å². The van der Waals surface area contributed by atoms with Gasteiger partial charge in [0.1, 0.15) is 28.4 Å². The van der Waals surface area contributed by atoms with Crippen LogP contribution in [0.1, 0.15) is 5.76 Å². The van der Waals surface area contributed by atoms with Crippen LogP contribution in [0.4, 0.5) is 0 Å². The van der Waals surface area contributed by atoms with E-state index in [2.05, 4.69) is 16.7 Å². The molecule has 3 heterocycles. The van der Waals surface area contributed by atoms with Crippen LogP contribution in [0.2, 0.25) is 5.02 Å². The summed E-state index contributed by atoms with van der Waals surface area (Å²) in [6, 6.07) is 18.4. The Morgan fingerprint density at radius 2 is 1.81 bits per heavy atom. The van der Waals surface area contributed by atoms with E-state index >= 15 is 0 Å². The number of thiazole rings is 1. The molecule has 0 aliphatic carbocycles. The van der Waals surface area contributed by atoms with Crippen molar-refractivity contribution in [3.8, 4) is 28.5 Å². The molecule has 0 spiro atoms. The third-order valence-corrected chi connectivity index (χ3v) is 5.90. The monoisotopic (exact) mass is 461 g/mol. The van der Waals surface area contributed by atoms with Gasteiger partial charge in [-0.3, -0.25) is 4.79 Å². The predicted octanol–water partition coefficient (Wildman–Crippen LogP) is 4.84. The van der Waals surface area contributed by atoms with Crippen LogP contribution in [0.25, 0.3) is 33.7 Å². The second kappa shape index (κ2) is 8.45. The Labute approximate surface area is 191 Å². The Bertz CT molecular complexity index is 1520. The van der Waals surface area contributed by atoms with E-state index in [9.17, 15) is 4.79 Å². The zero-order valence-electron chi connectivity index (χ0n) is 16.7. The maximum Gasteiger partial charge on any atom is 0.291 e. The topological polar surface area (TPSA) is 69.6 Å². The first-order valence-corrected chi connectivity index (χ1v) is 10.9. The molecule has 3 aromatic heterocycles. The lowest BCUT2D eigenvalue weighted by molar-refractivity contribution is 0.363. The van der Waals surface area contributed by atoms with Crippen LogP contribution in [0.5, 0.6) is 5.75 Å². The molecule has 0 saturated carbocycles. The number of aromatic nitrogens is 3. The highest BCUT2D eigenvalue weighted by molar-refractivity contribution is 7.15. The number of hydrogen-bond donors (Lipinski definition) is 0. The van der Waals surface area contributed by atoms with Gasteiger partial charge >= 0.3 is 0 Å². The molecule has 0 radical (unpaired) electrons. The van der Waals surface area contributed by atoms with Gasteiger partial charge in [-0.25, -0.2) is 0 Å². The highest BCUT2D eigenvalue weighted by Crippen LogP contribution is 2.24. The van der Waals surface area contributed by atoms with E-state index in [-0.39, 0.29) is 5.56 Å². The fraction of sp³-hybridized carbons (Fsp3) is 0.0417. The third kappa shape index (κ3) is 3.95. The minimum atomic E-state index is -0.237. The Morgan fingerprint density at radius 1 is 1.06 bits per heavy atom. The number of furan rings is 1. The van der Waals surface area contributed by atoms with Crippen LogP contribution in [-0.4, -0.2) is 21.2 Å². The number of fused-ring (bicyclic) bond motifs is 1. The maximum atomic E-state index is 12.8. The number of nitrogens with zero attached hydrogens (tertiary/aromatic N) is 3. The van der Waals surface area contributed by atoms with E-state index < -0.39 is 0 Å². The number of benzene rings is 2. The lowest BCUT2D eigenvalue weighted by Crippen LogP contribution is -2.23. The molecule has 0 aliphatic heterocycles. The summed E-state index contributed by atoms with van der Waals surface area (Å²) < 4.78 is 13.2. The maximum absolute atomic E-state index is 12.8. The third-order valence-electron chi connectivity index (χ3n) is 4.69. The lowest BCUT2D eigenvalue weighted by atomic mass is 10.2. The SMILES string of the molecule is C=CCOc1ccc(-c2nc3s/c(=C\c4ccc(-c5ccc(Cl)cc5)o4)c(=O)n3n2)cc1. The van der Waals surface area contributed by atoms with Crippen molar-refractivity contribution >= 4 is 34.0 Å². The van der Waals surface area contributed by atoms with Gasteiger partial charge in [0.15, 0.2) is 5.82 Å². The summed E-state index contributed by atoms with van der Waals surface area (Å²) >= 11 is 7.20. The number of ether oxygens (including phenoxy) is 1. The molecule has 0 saturated heterocycles. The molecule has 32 heavy (non-hydrogen) atoms. The zero-order valence-corrected chi connectivity index (χ0v) is 18.3. The number of hydrogen-bond acceptors (Lipinski definition) is 6. The van der Waals surface area contributed by atoms with Gasteiger partial charge in [0, 0.05) is 22.2 Å². The van der Waals surface area contributed by atoms with Gasteiger partial charge in [-0.05, 0) is 60.7 Å². The quantitative estimate of drug-likeness (QED) is 0.338. The molecule has 158 valence electrons. The predicted molar refractivity (Wildman–Crippen MR) is 126 cm³/mol. The molecule has 8 heteroatoms. The van der Waals surface area contributed by atoms with Crippen molar-refractivity contribution in [2.24, 2.45) is 0 Å². The normalized spacial score (nSPS) is 11.8. The highest BCUT2D eigenvalue weighted by atomic mass is 35.5. The Morgan fingerprint density at radius 3 is 2.53 bits per heavy atom. The second-order valence-electron chi connectivity index (χ2n) is 6.88. The summed E-state index contributed by atoms with van der Waals surface area (Å²) in [7, 11) is 0. The molecule has 0 fully saturated rings. The average molecular weight is 462 g/mol. The summed E-state index contributed by atoms with van der Waals surface area (Å²) in [6.45, 7) is 4.07. The van der Waals surface area contributed by atoms with Crippen LogP contribution in [0.3, 0.4) is 0 Å². The molecule has 5 aromatic rings. The van der Waals surface area contributed by atoms with E-state index in [1.807, 2.05) is 48.5 Å². The molecule has 0 atom stereocenters. The minimum absolute atomic E-state index is 0.237. The van der Waals surface area contributed by atoms with Crippen molar-refractivity contribution in [3.63, 3.8) is 0 Å². The van der Waals surface area contributed by atoms with E-state index in [4.69, 9.17) is 20.8 Å². The molecular weight excluding hydrogens is 446 g/mol. The van der Waals surface area contributed by atoms with E-state index in [1.54, 1.807) is 24.3 Å². The van der Waals surface area contributed by atoms with Gasteiger partial charge in [-0.15, -0.1) is 5.10 Å². The Kier molecular flexibility index (Phi) is 5.34. The molecule has 6 nitrogen and oxygen atoms in total. The molecular formula is C24H16ClN3O3S. The summed E-state index contributed by atoms with van der Waals surface area (Å²) in [5, 5.41) is 5.04. The van der Waals surface area contributed by atoms with E-state index in [0.29, 0.717) is 38.5 Å². The molecule has 0 aliphatic rings. The van der Waals surface area contributed by atoms with Gasteiger partial charge in [-0.2, -0.15) is 9.50 Å². The van der Waals surface area contributed by atoms with Crippen molar-refractivity contribution in [2.75, 3.05) is 6.61 Å². The first-order valence-electron chi connectivity index (χ1n) is 9.72. The van der Waals surface area contributed by atoms with Crippen molar-refractivity contribution in [1.29, 1.82) is 0 Å².